The van der Waals surface area contributed by atoms with E-state index in [1.165, 1.54) is 6.20 Å². The van der Waals surface area contributed by atoms with Gasteiger partial charge in [0.05, 0.1) is 11.7 Å². The fourth-order valence-corrected chi connectivity index (χ4v) is 1.34. The number of rotatable bonds is 3. The number of hydrogen-bond acceptors (Lipinski definition) is 2. The van der Waals surface area contributed by atoms with Crippen molar-refractivity contribution in [2.75, 3.05) is 0 Å². The zero-order valence-electron chi connectivity index (χ0n) is 7.03. The van der Waals surface area contributed by atoms with Crippen molar-refractivity contribution in [1.82, 2.24) is 9.78 Å². The fourth-order valence-electron chi connectivity index (χ4n) is 1.34. The lowest BCUT2D eigenvalue weighted by molar-refractivity contribution is 0.0560. The van der Waals surface area contributed by atoms with Gasteiger partial charge in [0.15, 0.2) is 0 Å². The van der Waals surface area contributed by atoms with Crippen LogP contribution in [0.15, 0.2) is 12.3 Å². The molecule has 3 nitrogen and oxygen atoms in total. The Morgan fingerprint density at radius 1 is 1.54 bits per heavy atom. The van der Waals surface area contributed by atoms with Crippen molar-refractivity contribution in [3.63, 3.8) is 0 Å². The van der Waals surface area contributed by atoms with E-state index < -0.39 is 6.55 Å². The van der Waals surface area contributed by atoms with Gasteiger partial charge >= 0.3 is 6.55 Å². The lowest BCUT2D eigenvalue weighted by atomic mass is 10.1. The molecule has 0 aliphatic heterocycles. The number of alkyl halides is 2. The number of nitrogens with two attached hydrogens (primary N) is 1. The van der Waals surface area contributed by atoms with Crippen LogP contribution in [-0.4, -0.2) is 9.78 Å². The molecule has 1 aliphatic carbocycles. The highest BCUT2D eigenvalue weighted by atomic mass is 19.3. The number of halogens is 2. The van der Waals surface area contributed by atoms with E-state index >= 15 is 0 Å². The predicted molar refractivity (Wildman–Crippen MR) is 43.1 cm³/mol. The average Bonchev–Trinajstić information content (AvgIpc) is 2.81. The third-order valence-electron chi connectivity index (χ3n) is 2.30. The molecule has 0 unspecified atom stereocenters. The fraction of sp³-hybridized carbons (Fsp3) is 0.625. The maximum Gasteiger partial charge on any atom is 0.333 e. The molecule has 0 saturated heterocycles. The van der Waals surface area contributed by atoms with Gasteiger partial charge in [-0.1, -0.05) is 0 Å². The highest BCUT2D eigenvalue weighted by Crippen LogP contribution is 2.38. The van der Waals surface area contributed by atoms with Crippen molar-refractivity contribution < 1.29 is 8.78 Å². The molecule has 0 spiro atoms. The highest BCUT2D eigenvalue weighted by molar-refractivity contribution is 5.08. The van der Waals surface area contributed by atoms with Crippen LogP contribution in [0.5, 0.6) is 0 Å². The summed E-state index contributed by atoms with van der Waals surface area (Å²) in [5, 5.41) is 3.71. The van der Waals surface area contributed by atoms with Crippen LogP contribution < -0.4 is 5.73 Å². The molecule has 1 aliphatic rings. The second-order valence-electron chi connectivity index (χ2n) is 3.36. The van der Waals surface area contributed by atoms with E-state index in [1.54, 1.807) is 6.07 Å². The van der Waals surface area contributed by atoms with Crippen molar-refractivity contribution in [3.8, 4) is 0 Å². The van der Waals surface area contributed by atoms with E-state index in [4.69, 9.17) is 5.73 Å². The molecule has 2 rings (SSSR count). The van der Waals surface area contributed by atoms with E-state index in [2.05, 4.69) is 5.10 Å². The molecule has 5 heteroatoms. The minimum Gasteiger partial charge on any atom is -0.322 e. The number of nitrogens with zero attached hydrogens (tertiary/aromatic N) is 2. The molecule has 0 radical (unpaired) electrons. The van der Waals surface area contributed by atoms with Gasteiger partial charge in [-0.25, -0.2) is 4.68 Å². The Hall–Kier alpha value is -0.970. The molecule has 1 aromatic heterocycles. The van der Waals surface area contributed by atoms with Gasteiger partial charge in [-0.05, 0) is 24.8 Å². The lowest BCUT2D eigenvalue weighted by Gasteiger charge is -2.05. The first-order chi connectivity index (χ1) is 6.18. The van der Waals surface area contributed by atoms with Crippen LogP contribution in [0.2, 0.25) is 0 Å². The molecule has 0 bridgehead atoms. The molecule has 1 atom stereocenters. The quantitative estimate of drug-likeness (QED) is 0.782. The third kappa shape index (κ3) is 1.70. The van der Waals surface area contributed by atoms with Crippen molar-refractivity contribution in [3.05, 3.63) is 18.0 Å². The molecule has 1 heterocycles. The molecular weight excluding hydrogens is 176 g/mol. The van der Waals surface area contributed by atoms with Crippen molar-refractivity contribution in [2.45, 2.75) is 25.4 Å². The summed E-state index contributed by atoms with van der Waals surface area (Å²) < 4.78 is 24.9. The van der Waals surface area contributed by atoms with Crippen molar-refractivity contribution in [1.29, 1.82) is 0 Å². The minimum atomic E-state index is -2.57. The lowest BCUT2D eigenvalue weighted by Crippen LogP contribution is -2.13. The summed E-state index contributed by atoms with van der Waals surface area (Å²) >= 11 is 0. The SMILES string of the molecule is N[C@H](c1ccn(C(F)F)n1)C1CC1. The Kier molecular flexibility index (Phi) is 2.03. The normalized spacial score (nSPS) is 19.4. The van der Waals surface area contributed by atoms with Crippen LogP contribution in [0.3, 0.4) is 0 Å². The third-order valence-corrected chi connectivity index (χ3v) is 2.30. The smallest absolute Gasteiger partial charge is 0.322 e. The Balaban J connectivity index is 2.11. The Morgan fingerprint density at radius 3 is 2.69 bits per heavy atom. The van der Waals surface area contributed by atoms with Crippen LogP contribution in [0.1, 0.15) is 31.1 Å². The molecule has 1 aromatic rings. The minimum absolute atomic E-state index is 0.167. The standard InChI is InChI=1S/C8H11F2N3/c9-8(10)13-4-3-6(12-13)7(11)5-1-2-5/h3-5,7-8H,1-2,11H2/t7-/m0/s1. The van der Waals surface area contributed by atoms with Crippen LogP contribution in [0, 0.1) is 5.92 Å². The topological polar surface area (TPSA) is 43.8 Å². The van der Waals surface area contributed by atoms with Gasteiger partial charge in [0.25, 0.3) is 0 Å². The summed E-state index contributed by atoms with van der Waals surface area (Å²) in [6, 6.07) is 1.40. The van der Waals surface area contributed by atoms with Gasteiger partial charge in [0.1, 0.15) is 0 Å². The Morgan fingerprint density at radius 2 is 2.23 bits per heavy atom. The maximum absolute atomic E-state index is 12.1. The molecule has 13 heavy (non-hydrogen) atoms. The van der Waals surface area contributed by atoms with E-state index in [0.717, 1.165) is 12.8 Å². The van der Waals surface area contributed by atoms with Gasteiger partial charge in [-0.3, -0.25) is 0 Å². The maximum atomic E-state index is 12.1. The van der Waals surface area contributed by atoms with Gasteiger partial charge < -0.3 is 5.73 Å². The van der Waals surface area contributed by atoms with Crippen LogP contribution in [0.4, 0.5) is 8.78 Å². The van der Waals surface area contributed by atoms with E-state index in [9.17, 15) is 8.78 Å². The molecule has 0 amide bonds. The summed E-state index contributed by atoms with van der Waals surface area (Å²) in [5.74, 6) is 0.445. The van der Waals surface area contributed by atoms with Crippen LogP contribution >= 0.6 is 0 Å². The monoisotopic (exact) mass is 187 g/mol. The van der Waals surface area contributed by atoms with E-state index in [-0.39, 0.29) is 6.04 Å². The van der Waals surface area contributed by atoms with E-state index in [0.29, 0.717) is 16.3 Å². The summed E-state index contributed by atoms with van der Waals surface area (Å²) in [4.78, 5) is 0. The molecule has 72 valence electrons. The largest absolute Gasteiger partial charge is 0.333 e. The van der Waals surface area contributed by atoms with Gasteiger partial charge in [0, 0.05) is 6.20 Å². The second-order valence-corrected chi connectivity index (χ2v) is 3.36. The Labute approximate surface area is 74.5 Å². The molecule has 0 aromatic carbocycles. The zero-order chi connectivity index (χ0) is 9.42. The summed E-state index contributed by atoms with van der Waals surface area (Å²) in [5.41, 5.74) is 6.37. The summed E-state index contributed by atoms with van der Waals surface area (Å²) in [6.07, 6.45) is 3.44. The van der Waals surface area contributed by atoms with Crippen LogP contribution in [0.25, 0.3) is 0 Å². The van der Waals surface area contributed by atoms with E-state index in [1.807, 2.05) is 0 Å². The first kappa shape index (κ1) is 8.62. The van der Waals surface area contributed by atoms with Crippen molar-refractivity contribution in [2.24, 2.45) is 11.7 Å². The van der Waals surface area contributed by atoms with Crippen molar-refractivity contribution >= 4 is 0 Å². The first-order valence-corrected chi connectivity index (χ1v) is 4.27. The highest BCUT2D eigenvalue weighted by Gasteiger charge is 2.31. The Bertz CT molecular complexity index is 293. The molecular formula is C8H11F2N3. The second kappa shape index (κ2) is 3.06. The summed E-state index contributed by atoms with van der Waals surface area (Å²) in [6.45, 7) is -2.57. The first-order valence-electron chi connectivity index (χ1n) is 4.27. The summed E-state index contributed by atoms with van der Waals surface area (Å²) in [7, 11) is 0. The average molecular weight is 187 g/mol. The number of hydrogen-bond donors (Lipinski definition) is 1. The van der Waals surface area contributed by atoms with Gasteiger partial charge in [-0.15, -0.1) is 0 Å². The number of aromatic nitrogens is 2. The molecule has 1 saturated carbocycles. The molecule has 2 N–H and O–H groups in total. The zero-order valence-corrected chi connectivity index (χ0v) is 7.03. The van der Waals surface area contributed by atoms with Gasteiger partial charge in [-0.2, -0.15) is 13.9 Å². The van der Waals surface area contributed by atoms with Crippen LogP contribution in [-0.2, 0) is 0 Å². The van der Waals surface area contributed by atoms with Gasteiger partial charge in [0.2, 0.25) is 0 Å². The predicted octanol–water partition coefficient (Wildman–Crippen LogP) is 1.69. The molecule has 1 fully saturated rings.